The van der Waals surface area contributed by atoms with Crippen LogP contribution in [0.1, 0.15) is 188 Å². The topological polar surface area (TPSA) is 115 Å². The third-order valence-corrected chi connectivity index (χ3v) is 9.58. The van der Waals surface area contributed by atoms with Crippen LogP contribution >= 0.6 is 0 Å². The number of carbonyl (C=O) groups excluding carboxylic acids is 1. The Morgan fingerprint density at radius 2 is 0.844 bits per heavy atom. The maximum atomic E-state index is 12.6. The summed E-state index contributed by atoms with van der Waals surface area (Å²) in [5.74, 6) is -3.55. The number of nitrogens with zero attached hydrogens (tertiary/aromatic N) is 1. The van der Waals surface area contributed by atoms with Crippen molar-refractivity contribution in [3.63, 3.8) is 0 Å². The zero-order valence-corrected chi connectivity index (χ0v) is 29.7. The van der Waals surface area contributed by atoms with Gasteiger partial charge in [0.15, 0.2) is 12.1 Å². The van der Waals surface area contributed by atoms with Gasteiger partial charge in [-0.3, -0.25) is 4.48 Å². The maximum Gasteiger partial charge on any atom is 0.362 e. The van der Waals surface area contributed by atoms with E-state index in [1.54, 1.807) is 0 Å². The van der Waals surface area contributed by atoms with Crippen LogP contribution < -0.4 is 5.11 Å². The molecule has 0 heterocycles. The first-order valence-corrected chi connectivity index (χ1v) is 18.9. The molecule has 0 aromatic rings. The SMILES string of the molecule is CCCC/C=C/CCCCCCCCCCCCCCCCC[N+](C(CCC)C(=O)[O-])(C(CCC)C(=O)O)C(CCC)C(=O)O. The number of allylic oxidation sites excluding steroid dienone is 2. The molecule has 0 rings (SSSR count). The van der Waals surface area contributed by atoms with E-state index in [0.29, 0.717) is 25.7 Å². The van der Waals surface area contributed by atoms with Crippen molar-refractivity contribution in [3.05, 3.63) is 12.2 Å². The van der Waals surface area contributed by atoms with Gasteiger partial charge in [-0.15, -0.1) is 0 Å². The van der Waals surface area contributed by atoms with E-state index in [2.05, 4.69) is 19.1 Å². The summed E-state index contributed by atoms with van der Waals surface area (Å²) in [6, 6.07) is -3.32. The summed E-state index contributed by atoms with van der Waals surface area (Å²) in [5, 5.41) is 33.1. The predicted molar refractivity (Wildman–Crippen MR) is 184 cm³/mol. The van der Waals surface area contributed by atoms with Gasteiger partial charge in [0.2, 0.25) is 0 Å². The minimum atomic E-state index is -1.33. The average Bonchev–Trinajstić information content (AvgIpc) is 3.00. The van der Waals surface area contributed by atoms with Crippen LogP contribution in [0.2, 0.25) is 0 Å². The van der Waals surface area contributed by atoms with E-state index in [1.165, 1.54) is 96.3 Å². The van der Waals surface area contributed by atoms with Crippen molar-refractivity contribution in [2.45, 2.75) is 206 Å². The lowest BCUT2D eigenvalue weighted by Crippen LogP contribution is -2.74. The molecule has 0 saturated heterocycles. The Hall–Kier alpha value is -1.89. The van der Waals surface area contributed by atoms with Gasteiger partial charge < -0.3 is 20.1 Å². The summed E-state index contributed by atoms with van der Waals surface area (Å²) < 4.78 is -0.432. The van der Waals surface area contributed by atoms with Crippen LogP contribution in [0.3, 0.4) is 0 Å². The monoisotopic (exact) mass is 638 g/mol. The van der Waals surface area contributed by atoms with Crippen LogP contribution in [0.5, 0.6) is 0 Å². The summed E-state index contributed by atoms with van der Waals surface area (Å²) in [6.45, 7) is 8.06. The average molecular weight is 638 g/mol. The smallest absolute Gasteiger partial charge is 0.362 e. The molecular formula is C38H71NO6. The number of hydrogen-bond donors (Lipinski definition) is 2. The van der Waals surface area contributed by atoms with E-state index in [4.69, 9.17) is 0 Å². The molecular weight excluding hydrogens is 566 g/mol. The lowest BCUT2D eigenvalue weighted by atomic mass is 9.91. The molecule has 0 aliphatic heterocycles. The summed E-state index contributed by atoms with van der Waals surface area (Å²) in [7, 11) is 0. The molecule has 0 saturated carbocycles. The number of carbonyl (C=O) groups is 3. The van der Waals surface area contributed by atoms with Crippen LogP contribution in [0.25, 0.3) is 0 Å². The highest BCUT2D eigenvalue weighted by Gasteiger charge is 2.54. The third kappa shape index (κ3) is 18.1. The summed E-state index contributed by atoms with van der Waals surface area (Å²) >= 11 is 0. The Morgan fingerprint density at radius 1 is 0.511 bits per heavy atom. The Balaban J connectivity index is 4.64. The van der Waals surface area contributed by atoms with Crippen LogP contribution in [0, 0.1) is 0 Å². The highest BCUT2D eigenvalue weighted by atomic mass is 16.4. The number of aliphatic carboxylic acids is 3. The van der Waals surface area contributed by atoms with Gasteiger partial charge in [-0.1, -0.05) is 136 Å². The molecule has 264 valence electrons. The van der Waals surface area contributed by atoms with Gasteiger partial charge in [0.1, 0.15) is 6.04 Å². The number of carboxylic acids is 3. The first kappa shape index (κ1) is 43.1. The number of unbranched alkanes of at least 4 members (excludes halogenated alkanes) is 17. The van der Waals surface area contributed by atoms with Gasteiger partial charge in [0, 0.05) is 19.3 Å². The number of quaternary nitrogens is 1. The van der Waals surface area contributed by atoms with Gasteiger partial charge in [-0.05, 0) is 44.9 Å². The molecule has 3 atom stereocenters. The second-order valence-electron chi connectivity index (χ2n) is 13.3. The summed E-state index contributed by atoms with van der Waals surface area (Å²) in [5.41, 5.74) is 0. The van der Waals surface area contributed by atoms with Crippen molar-refractivity contribution >= 4 is 17.9 Å². The van der Waals surface area contributed by atoms with E-state index in [-0.39, 0.29) is 25.8 Å². The number of carboxylic acid groups (broad SMARTS) is 3. The van der Waals surface area contributed by atoms with E-state index in [1.807, 2.05) is 20.8 Å². The Labute approximate surface area is 276 Å². The molecule has 0 aromatic carbocycles. The number of hydrogen-bond acceptors (Lipinski definition) is 4. The standard InChI is InChI=1S/C38H71NO6/c1-5-9-10-11-12-13-14-15-16-17-18-19-20-21-22-23-24-25-26-27-28-32-39(33(29-6-2)36(40)41,34(30-7-3)37(42)43)35(31-8-4)38(44)45/h11-12,33-35H,5-10,13-32H2,1-4H3,(H2-,40,41,42,43,44,45)/b12-11+. The van der Waals surface area contributed by atoms with Crippen molar-refractivity contribution < 1.29 is 34.2 Å². The second kappa shape index (κ2) is 28.3. The minimum Gasteiger partial charge on any atom is -0.544 e. The molecule has 7 heteroatoms. The zero-order valence-electron chi connectivity index (χ0n) is 29.7. The van der Waals surface area contributed by atoms with Gasteiger partial charge >= 0.3 is 11.9 Å². The molecule has 7 nitrogen and oxygen atoms in total. The van der Waals surface area contributed by atoms with Crippen LogP contribution in [0.15, 0.2) is 12.2 Å². The fourth-order valence-corrected chi connectivity index (χ4v) is 7.14. The second-order valence-corrected chi connectivity index (χ2v) is 13.3. The highest BCUT2D eigenvalue weighted by Crippen LogP contribution is 2.34. The predicted octanol–water partition coefficient (Wildman–Crippen LogP) is 9.22. The van der Waals surface area contributed by atoms with Crippen molar-refractivity contribution in [3.8, 4) is 0 Å². The first-order valence-electron chi connectivity index (χ1n) is 18.9. The molecule has 0 fully saturated rings. The van der Waals surface area contributed by atoms with Crippen molar-refractivity contribution in [1.82, 2.24) is 0 Å². The molecule has 3 unspecified atom stereocenters. The Bertz CT molecular complexity index is 722. The quantitative estimate of drug-likeness (QED) is 0.0421. The Morgan fingerprint density at radius 3 is 1.18 bits per heavy atom. The largest absolute Gasteiger partial charge is 0.544 e. The lowest BCUT2D eigenvalue weighted by molar-refractivity contribution is -0.975. The molecule has 0 spiro atoms. The molecule has 0 amide bonds. The zero-order chi connectivity index (χ0) is 33.8. The maximum absolute atomic E-state index is 12.6. The molecule has 0 radical (unpaired) electrons. The van der Waals surface area contributed by atoms with Crippen molar-refractivity contribution in [2.75, 3.05) is 6.54 Å². The molecule has 0 aliphatic carbocycles. The van der Waals surface area contributed by atoms with Gasteiger partial charge in [0.25, 0.3) is 0 Å². The van der Waals surface area contributed by atoms with Gasteiger partial charge in [-0.25, -0.2) is 9.59 Å². The number of rotatable bonds is 33. The summed E-state index contributed by atoms with van der Waals surface area (Å²) in [4.78, 5) is 37.7. The summed E-state index contributed by atoms with van der Waals surface area (Å²) in [6.07, 6.45) is 30.0. The minimum absolute atomic E-state index is 0.209. The van der Waals surface area contributed by atoms with Crippen LogP contribution in [0.4, 0.5) is 0 Å². The highest BCUT2D eigenvalue weighted by molar-refractivity contribution is 5.77. The van der Waals surface area contributed by atoms with Crippen molar-refractivity contribution in [1.29, 1.82) is 0 Å². The first-order chi connectivity index (χ1) is 21.7. The fraction of sp³-hybridized carbons (Fsp3) is 0.868. The normalized spacial score (nSPS) is 15.1. The molecule has 0 aromatic heterocycles. The molecule has 0 aliphatic rings. The Kier molecular flexibility index (Phi) is 27.2. The van der Waals surface area contributed by atoms with E-state index >= 15 is 0 Å². The van der Waals surface area contributed by atoms with E-state index < -0.39 is 40.5 Å². The van der Waals surface area contributed by atoms with Crippen molar-refractivity contribution in [2.24, 2.45) is 0 Å². The lowest BCUT2D eigenvalue weighted by Gasteiger charge is -2.52. The molecule has 0 bridgehead atoms. The molecule has 45 heavy (non-hydrogen) atoms. The van der Waals surface area contributed by atoms with Crippen LogP contribution in [-0.4, -0.2) is 57.3 Å². The van der Waals surface area contributed by atoms with E-state index in [0.717, 1.165) is 19.3 Å². The van der Waals surface area contributed by atoms with Gasteiger partial charge in [-0.2, -0.15) is 0 Å². The van der Waals surface area contributed by atoms with Crippen LogP contribution in [-0.2, 0) is 14.4 Å². The third-order valence-electron chi connectivity index (χ3n) is 9.58. The fourth-order valence-electron chi connectivity index (χ4n) is 7.14. The van der Waals surface area contributed by atoms with Gasteiger partial charge in [0.05, 0.1) is 12.5 Å². The molecule has 2 N–H and O–H groups in total. The van der Waals surface area contributed by atoms with E-state index in [9.17, 15) is 29.7 Å².